The van der Waals surface area contributed by atoms with Crippen molar-refractivity contribution in [3.63, 3.8) is 0 Å². The molecule has 0 fully saturated rings. The molecule has 2 atom stereocenters. The van der Waals surface area contributed by atoms with Crippen molar-refractivity contribution in [3.8, 4) is 11.5 Å². The minimum atomic E-state index is 0.105. The lowest BCUT2D eigenvalue weighted by Crippen LogP contribution is -2.06. The second-order valence-corrected chi connectivity index (χ2v) is 4.64. The Bertz CT molecular complexity index is 548. The van der Waals surface area contributed by atoms with E-state index in [9.17, 15) is 0 Å². The normalized spacial score (nSPS) is 21.2. The Morgan fingerprint density at radius 2 is 1.83 bits per heavy atom. The van der Waals surface area contributed by atoms with Crippen molar-refractivity contribution in [2.45, 2.75) is 18.9 Å². The lowest BCUT2D eigenvalue weighted by atomic mass is 9.93. The van der Waals surface area contributed by atoms with Crippen molar-refractivity contribution >= 4 is 0 Å². The van der Waals surface area contributed by atoms with E-state index in [1.165, 1.54) is 11.1 Å². The maximum atomic E-state index is 6.05. The van der Waals surface area contributed by atoms with Crippen LogP contribution in [0.1, 0.15) is 30.1 Å². The highest BCUT2D eigenvalue weighted by Crippen LogP contribution is 2.46. The van der Waals surface area contributed by atoms with Crippen LogP contribution in [0.4, 0.5) is 0 Å². The predicted molar refractivity (Wildman–Crippen MR) is 71.2 cm³/mol. The molecule has 0 bridgehead atoms. The first kappa shape index (κ1) is 11.1. The van der Waals surface area contributed by atoms with Crippen LogP contribution in [0.15, 0.2) is 48.5 Å². The Morgan fingerprint density at radius 3 is 2.56 bits per heavy atom. The van der Waals surface area contributed by atoms with E-state index in [2.05, 4.69) is 37.3 Å². The first-order valence-corrected chi connectivity index (χ1v) is 6.19. The van der Waals surface area contributed by atoms with Crippen LogP contribution in [0.2, 0.25) is 0 Å². The van der Waals surface area contributed by atoms with Gasteiger partial charge in [0.25, 0.3) is 0 Å². The second kappa shape index (κ2) is 4.37. The zero-order chi connectivity index (χ0) is 12.5. The number of fused-ring (bicyclic) bond motifs is 1. The van der Waals surface area contributed by atoms with Crippen molar-refractivity contribution in [3.05, 3.63) is 59.7 Å². The van der Waals surface area contributed by atoms with Gasteiger partial charge in [-0.05, 0) is 23.8 Å². The molecule has 18 heavy (non-hydrogen) atoms. The van der Waals surface area contributed by atoms with E-state index >= 15 is 0 Å². The summed E-state index contributed by atoms with van der Waals surface area (Å²) in [7, 11) is 1.69. The Morgan fingerprint density at radius 1 is 1.06 bits per heavy atom. The molecule has 0 N–H and O–H groups in total. The van der Waals surface area contributed by atoms with E-state index in [0.717, 1.165) is 11.5 Å². The van der Waals surface area contributed by atoms with Gasteiger partial charge in [-0.1, -0.05) is 37.3 Å². The van der Waals surface area contributed by atoms with Gasteiger partial charge in [0.2, 0.25) is 0 Å². The van der Waals surface area contributed by atoms with Crippen LogP contribution < -0.4 is 9.47 Å². The summed E-state index contributed by atoms with van der Waals surface area (Å²) in [5.74, 6) is 2.20. The van der Waals surface area contributed by atoms with Crippen molar-refractivity contribution < 1.29 is 9.47 Å². The third kappa shape index (κ3) is 1.74. The Kier molecular flexibility index (Phi) is 2.71. The highest BCUT2D eigenvalue weighted by atomic mass is 16.5. The minimum Gasteiger partial charge on any atom is -0.497 e. The molecule has 3 rings (SSSR count). The van der Waals surface area contributed by atoms with Gasteiger partial charge in [0, 0.05) is 11.5 Å². The van der Waals surface area contributed by atoms with Crippen LogP contribution in [-0.4, -0.2) is 7.11 Å². The van der Waals surface area contributed by atoms with Gasteiger partial charge in [-0.3, -0.25) is 0 Å². The largest absolute Gasteiger partial charge is 0.497 e. The molecule has 2 aromatic carbocycles. The minimum absolute atomic E-state index is 0.105. The summed E-state index contributed by atoms with van der Waals surface area (Å²) in [6.45, 7) is 2.20. The quantitative estimate of drug-likeness (QED) is 0.791. The molecule has 2 nitrogen and oxygen atoms in total. The average Bonchev–Trinajstić information content (AvgIpc) is 2.77. The summed E-state index contributed by atoms with van der Waals surface area (Å²) in [6, 6.07) is 16.4. The van der Waals surface area contributed by atoms with Gasteiger partial charge in [0.1, 0.15) is 17.6 Å². The first-order valence-electron chi connectivity index (χ1n) is 6.19. The highest BCUT2D eigenvalue weighted by molar-refractivity contribution is 5.47. The zero-order valence-electron chi connectivity index (χ0n) is 10.6. The summed E-state index contributed by atoms with van der Waals surface area (Å²) >= 11 is 0. The Balaban J connectivity index is 1.96. The fourth-order valence-corrected chi connectivity index (χ4v) is 2.52. The van der Waals surface area contributed by atoms with Crippen LogP contribution in [0.5, 0.6) is 11.5 Å². The van der Waals surface area contributed by atoms with Gasteiger partial charge in [0.05, 0.1) is 7.11 Å². The van der Waals surface area contributed by atoms with E-state index in [1.54, 1.807) is 7.11 Å². The van der Waals surface area contributed by atoms with E-state index < -0.39 is 0 Å². The van der Waals surface area contributed by atoms with Crippen LogP contribution in [-0.2, 0) is 0 Å². The standard InChI is InChI=1S/C16H16O2/c1-11-14-10-13(17-2)8-9-15(14)18-16(11)12-6-4-3-5-7-12/h3-11,16H,1-2H3/t11-,16-/m1/s1. The second-order valence-electron chi connectivity index (χ2n) is 4.64. The SMILES string of the molecule is COc1ccc2c(c1)[C@@H](C)[C@H](c1ccccc1)O2. The predicted octanol–water partition coefficient (Wildman–Crippen LogP) is 3.93. The van der Waals surface area contributed by atoms with Gasteiger partial charge in [-0.15, -0.1) is 0 Å². The molecule has 0 radical (unpaired) electrons. The highest BCUT2D eigenvalue weighted by Gasteiger charge is 2.32. The third-order valence-electron chi connectivity index (χ3n) is 3.54. The van der Waals surface area contributed by atoms with Gasteiger partial charge in [-0.2, -0.15) is 0 Å². The molecule has 0 saturated heterocycles. The Hall–Kier alpha value is -1.96. The van der Waals surface area contributed by atoms with Crippen LogP contribution in [0, 0.1) is 0 Å². The van der Waals surface area contributed by atoms with Crippen molar-refractivity contribution in [2.24, 2.45) is 0 Å². The summed E-state index contributed by atoms with van der Waals surface area (Å²) in [6.07, 6.45) is 0.105. The van der Waals surface area contributed by atoms with E-state index in [-0.39, 0.29) is 6.10 Å². The smallest absolute Gasteiger partial charge is 0.130 e. The lowest BCUT2D eigenvalue weighted by Gasteiger charge is -2.15. The number of rotatable bonds is 2. The molecule has 1 heterocycles. The van der Waals surface area contributed by atoms with Gasteiger partial charge < -0.3 is 9.47 Å². The van der Waals surface area contributed by atoms with Gasteiger partial charge in [-0.25, -0.2) is 0 Å². The van der Waals surface area contributed by atoms with Crippen molar-refractivity contribution in [1.82, 2.24) is 0 Å². The summed E-state index contributed by atoms with van der Waals surface area (Å²) in [5.41, 5.74) is 2.45. The molecule has 0 unspecified atom stereocenters. The van der Waals surface area contributed by atoms with Crippen molar-refractivity contribution in [2.75, 3.05) is 7.11 Å². The maximum absolute atomic E-state index is 6.05. The summed E-state index contributed by atoms with van der Waals surface area (Å²) in [4.78, 5) is 0. The number of hydrogen-bond acceptors (Lipinski definition) is 2. The topological polar surface area (TPSA) is 18.5 Å². The van der Waals surface area contributed by atoms with Crippen LogP contribution >= 0.6 is 0 Å². The van der Waals surface area contributed by atoms with E-state index in [0.29, 0.717) is 5.92 Å². The number of methoxy groups -OCH3 is 1. The molecule has 0 amide bonds. The molecule has 0 saturated carbocycles. The zero-order valence-corrected chi connectivity index (χ0v) is 10.6. The molecule has 1 aliphatic rings. The molecule has 2 aromatic rings. The number of ether oxygens (including phenoxy) is 2. The van der Waals surface area contributed by atoms with Gasteiger partial charge >= 0.3 is 0 Å². The van der Waals surface area contributed by atoms with Crippen LogP contribution in [0.3, 0.4) is 0 Å². The van der Waals surface area contributed by atoms with Crippen molar-refractivity contribution in [1.29, 1.82) is 0 Å². The van der Waals surface area contributed by atoms with E-state index in [1.807, 2.05) is 18.2 Å². The molecule has 92 valence electrons. The molecular formula is C16H16O2. The molecular weight excluding hydrogens is 224 g/mol. The molecule has 2 heteroatoms. The molecule has 1 aliphatic heterocycles. The summed E-state index contributed by atoms with van der Waals surface area (Å²) in [5, 5.41) is 0. The average molecular weight is 240 g/mol. The summed E-state index contributed by atoms with van der Waals surface area (Å²) < 4.78 is 11.3. The lowest BCUT2D eigenvalue weighted by molar-refractivity contribution is 0.216. The first-order chi connectivity index (χ1) is 8.79. The monoisotopic (exact) mass is 240 g/mol. The molecule has 0 spiro atoms. The fourth-order valence-electron chi connectivity index (χ4n) is 2.52. The Labute approximate surface area is 107 Å². The molecule has 0 aliphatic carbocycles. The molecule has 0 aromatic heterocycles. The number of hydrogen-bond donors (Lipinski definition) is 0. The maximum Gasteiger partial charge on any atom is 0.130 e. The van der Waals surface area contributed by atoms with E-state index in [4.69, 9.17) is 9.47 Å². The third-order valence-corrected chi connectivity index (χ3v) is 3.54. The number of benzene rings is 2. The van der Waals surface area contributed by atoms with Gasteiger partial charge in [0.15, 0.2) is 0 Å². The fraction of sp³-hybridized carbons (Fsp3) is 0.250. The van der Waals surface area contributed by atoms with Crippen LogP contribution in [0.25, 0.3) is 0 Å².